The highest BCUT2D eigenvalue weighted by Crippen LogP contribution is 2.45. The summed E-state index contributed by atoms with van der Waals surface area (Å²) in [5.74, 6) is -0.115. The molecule has 1 saturated heterocycles. The van der Waals surface area contributed by atoms with Gasteiger partial charge in [0.1, 0.15) is 17.5 Å². The van der Waals surface area contributed by atoms with Crippen molar-refractivity contribution in [2.75, 3.05) is 13.1 Å². The molecule has 1 amide bonds. The maximum atomic E-state index is 12.5. The third kappa shape index (κ3) is 5.75. The van der Waals surface area contributed by atoms with E-state index in [9.17, 15) is 15.0 Å². The standard InChI is InChI=1S/C23H38N4O5/c1-13-6-19(27-21(30)32-22(3,4)5)23(11-25-12-23)9-17(14(13)2)18(29)10-26-20(24)31-16-7-15(28)8-16/h10,15-17,19,25,28-29H,6-9,11-12H2,1-5H3,(H2,24,26)(H,27,30)/b18-10+/t15?,16?,17?,19-/m1/s1. The molecule has 32 heavy (non-hydrogen) atoms. The number of nitrogens with two attached hydrogens (primary N) is 1. The number of aliphatic hydroxyl groups excluding tert-OH is 2. The number of allylic oxidation sites excluding steroid dienone is 1. The first kappa shape index (κ1) is 24.4. The Labute approximate surface area is 190 Å². The zero-order chi connectivity index (χ0) is 23.7. The number of carbonyl (C=O) groups excluding carboxylic acids is 1. The van der Waals surface area contributed by atoms with E-state index < -0.39 is 11.7 Å². The lowest BCUT2D eigenvalue weighted by molar-refractivity contribution is -0.0180. The van der Waals surface area contributed by atoms with Gasteiger partial charge in [-0.3, -0.25) is 0 Å². The molecular weight excluding hydrogens is 412 g/mol. The minimum absolute atomic E-state index is 0.0232. The molecule has 9 heteroatoms. The number of amides is 1. The Hall–Kier alpha value is -2.26. The Morgan fingerprint density at radius 2 is 1.97 bits per heavy atom. The molecule has 2 atom stereocenters. The van der Waals surface area contributed by atoms with Crippen LogP contribution >= 0.6 is 0 Å². The molecule has 3 rings (SSSR count). The van der Waals surface area contributed by atoms with Crippen molar-refractivity contribution in [3.63, 3.8) is 0 Å². The van der Waals surface area contributed by atoms with Crippen molar-refractivity contribution in [3.8, 4) is 0 Å². The molecule has 0 aromatic heterocycles. The van der Waals surface area contributed by atoms with Crippen molar-refractivity contribution in [1.29, 1.82) is 0 Å². The Kier molecular flexibility index (Phi) is 7.09. The molecule has 6 N–H and O–H groups in total. The van der Waals surface area contributed by atoms with Gasteiger partial charge < -0.3 is 36.1 Å². The number of nitrogens with zero attached hydrogens (tertiary/aromatic N) is 1. The molecule has 3 aliphatic rings. The second-order valence-electron chi connectivity index (χ2n) is 10.5. The monoisotopic (exact) mass is 450 g/mol. The van der Waals surface area contributed by atoms with Gasteiger partial charge in [0.15, 0.2) is 0 Å². The van der Waals surface area contributed by atoms with Gasteiger partial charge in [0.05, 0.1) is 12.3 Å². The fraction of sp³-hybridized carbons (Fsp3) is 0.739. The van der Waals surface area contributed by atoms with Gasteiger partial charge in [-0.15, -0.1) is 0 Å². The lowest BCUT2D eigenvalue weighted by Gasteiger charge is -2.49. The van der Waals surface area contributed by atoms with Crippen LogP contribution in [0.4, 0.5) is 4.79 Å². The van der Waals surface area contributed by atoms with Crippen molar-refractivity contribution >= 4 is 12.1 Å². The van der Waals surface area contributed by atoms with Crippen LogP contribution in [0, 0.1) is 11.3 Å². The number of hydrogen-bond donors (Lipinski definition) is 5. The summed E-state index contributed by atoms with van der Waals surface area (Å²) in [7, 11) is 0. The van der Waals surface area contributed by atoms with Gasteiger partial charge in [-0.25, -0.2) is 9.79 Å². The van der Waals surface area contributed by atoms with Crippen LogP contribution in [-0.4, -0.2) is 59.3 Å². The van der Waals surface area contributed by atoms with E-state index in [4.69, 9.17) is 15.2 Å². The number of amidine groups is 1. The highest BCUT2D eigenvalue weighted by Gasteiger charge is 2.49. The minimum Gasteiger partial charge on any atom is -0.510 e. The van der Waals surface area contributed by atoms with Crippen LogP contribution in [-0.2, 0) is 9.47 Å². The third-order valence-electron chi connectivity index (χ3n) is 6.74. The number of hydrogen-bond acceptors (Lipinski definition) is 7. The van der Waals surface area contributed by atoms with Crippen molar-refractivity contribution in [1.82, 2.24) is 10.6 Å². The van der Waals surface area contributed by atoms with E-state index in [1.54, 1.807) is 0 Å². The zero-order valence-electron chi connectivity index (χ0n) is 19.8. The van der Waals surface area contributed by atoms with Crippen molar-refractivity contribution < 1.29 is 24.5 Å². The fourth-order valence-corrected chi connectivity index (χ4v) is 4.56. The Morgan fingerprint density at radius 3 is 2.50 bits per heavy atom. The van der Waals surface area contributed by atoms with Gasteiger partial charge in [0.25, 0.3) is 6.02 Å². The number of carbonyl (C=O) groups is 1. The maximum Gasteiger partial charge on any atom is 0.407 e. The number of aliphatic imine (C=N–C) groups is 1. The number of nitrogens with one attached hydrogen (secondary N) is 2. The Morgan fingerprint density at radius 1 is 1.31 bits per heavy atom. The van der Waals surface area contributed by atoms with E-state index in [0.29, 0.717) is 25.7 Å². The molecule has 0 radical (unpaired) electrons. The van der Waals surface area contributed by atoms with Crippen LogP contribution in [0.5, 0.6) is 0 Å². The number of alkyl carbamates (subject to hydrolysis) is 1. The van der Waals surface area contributed by atoms with E-state index >= 15 is 0 Å². The Balaban J connectivity index is 1.74. The van der Waals surface area contributed by atoms with Crippen LogP contribution in [0.25, 0.3) is 0 Å². The molecule has 1 spiro atoms. The summed E-state index contributed by atoms with van der Waals surface area (Å²) in [6.07, 6.45) is 2.89. The average Bonchev–Trinajstić information content (AvgIpc) is 2.72. The first-order valence-corrected chi connectivity index (χ1v) is 11.3. The minimum atomic E-state index is -0.568. The van der Waals surface area contributed by atoms with Crippen LogP contribution < -0.4 is 16.4 Å². The van der Waals surface area contributed by atoms with Gasteiger partial charge in [0, 0.05) is 43.3 Å². The van der Waals surface area contributed by atoms with E-state index in [0.717, 1.165) is 24.2 Å². The third-order valence-corrected chi connectivity index (χ3v) is 6.74. The molecule has 1 saturated carbocycles. The SMILES string of the molecule is CC1=C(C)C(/C(O)=C\N=C(N)OC2CC(O)C2)CC2(CNC2)[C@H](NC(=O)OC(C)(C)C)C1. The predicted octanol–water partition coefficient (Wildman–Crippen LogP) is 2.47. The quantitative estimate of drug-likeness (QED) is 0.192. The second-order valence-corrected chi connectivity index (χ2v) is 10.5. The summed E-state index contributed by atoms with van der Waals surface area (Å²) < 4.78 is 11.0. The summed E-state index contributed by atoms with van der Waals surface area (Å²) >= 11 is 0. The predicted molar refractivity (Wildman–Crippen MR) is 122 cm³/mol. The highest BCUT2D eigenvalue weighted by molar-refractivity contribution is 5.72. The molecule has 0 bridgehead atoms. The van der Waals surface area contributed by atoms with Gasteiger partial charge in [-0.05, 0) is 47.5 Å². The zero-order valence-corrected chi connectivity index (χ0v) is 19.8. The second kappa shape index (κ2) is 9.31. The van der Waals surface area contributed by atoms with E-state index in [2.05, 4.69) is 15.6 Å². The normalized spacial score (nSPS) is 30.8. The topological polar surface area (TPSA) is 138 Å². The van der Waals surface area contributed by atoms with Crippen LogP contribution in [0.15, 0.2) is 28.1 Å². The number of aliphatic hydroxyl groups is 2. The maximum absolute atomic E-state index is 12.5. The van der Waals surface area contributed by atoms with Crippen molar-refractivity contribution in [2.24, 2.45) is 22.1 Å². The molecule has 1 aliphatic heterocycles. The fourth-order valence-electron chi connectivity index (χ4n) is 4.56. The molecule has 1 heterocycles. The first-order chi connectivity index (χ1) is 14.9. The average molecular weight is 451 g/mol. The van der Waals surface area contributed by atoms with Gasteiger partial charge in [-0.1, -0.05) is 11.1 Å². The molecule has 0 aromatic carbocycles. The first-order valence-electron chi connectivity index (χ1n) is 11.3. The summed E-state index contributed by atoms with van der Waals surface area (Å²) in [5.41, 5.74) is 7.25. The molecule has 2 fully saturated rings. The van der Waals surface area contributed by atoms with Gasteiger partial charge in [0.2, 0.25) is 0 Å². The molecule has 9 nitrogen and oxygen atoms in total. The van der Waals surface area contributed by atoms with Crippen LogP contribution in [0.1, 0.15) is 60.3 Å². The largest absolute Gasteiger partial charge is 0.510 e. The van der Waals surface area contributed by atoms with Crippen molar-refractivity contribution in [2.45, 2.75) is 84.2 Å². The number of ether oxygens (including phenoxy) is 2. The summed E-state index contributed by atoms with van der Waals surface area (Å²) in [4.78, 5) is 16.6. The smallest absolute Gasteiger partial charge is 0.407 e. The van der Waals surface area contributed by atoms with E-state index in [-0.39, 0.29) is 41.4 Å². The Bertz CT molecular complexity index is 804. The number of rotatable bonds is 4. The van der Waals surface area contributed by atoms with Crippen LogP contribution in [0.2, 0.25) is 0 Å². The molecule has 2 aliphatic carbocycles. The summed E-state index contributed by atoms with van der Waals surface area (Å²) in [6.45, 7) is 11.1. The van der Waals surface area contributed by atoms with Gasteiger partial charge >= 0.3 is 6.09 Å². The molecular formula is C23H38N4O5. The van der Waals surface area contributed by atoms with Crippen molar-refractivity contribution in [3.05, 3.63) is 23.1 Å². The van der Waals surface area contributed by atoms with Gasteiger partial charge in [-0.2, -0.15) is 0 Å². The molecule has 0 aromatic rings. The highest BCUT2D eigenvalue weighted by atomic mass is 16.6. The van der Waals surface area contributed by atoms with Crippen LogP contribution in [0.3, 0.4) is 0 Å². The van der Waals surface area contributed by atoms with E-state index in [1.807, 2.05) is 34.6 Å². The lowest BCUT2D eigenvalue weighted by atomic mass is 9.68. The lowest BCUT2D eigenvalue weighted by Crippen LogP contribution is -2.64. The molecule has 1 unspecified atom stereocenters. The van der Waals surface area contributed by atoms with E-state index in [1.165, 1.54) is 6.20 Å². The summed E-state index contributed by atoms with van der Waals surface area (Å²) in [6, 6.07) is -0.127. The molecule has 180 valence electrons. The summed E-state index contributed by atoms with van der Waals surface area (Å²) in [5, 5.41) is 26.7.